The zero-order valence-corrected chi connectivity index (χ0v) is 12.1. The van der Waals surface area contributed by atoms with E-state index in [0.717, 1.165) is 12.8 Å². The van der Waals surface area contributed by atoms with Crippen molar-refractivity contribution in [2.24, 2.45) is 0 Å². The summed E-state index contributed by atoms with van der Waals surface area (Å²) in [5.41, 5.74) is 3.26. The second-order valence-corrected chi connectivity index (χ2v) is 5.62. The van der Waals surface area contributed by atoms with Crippen LogP contribution in [0.1, 0.15) is 33.9 Å². The Bertz CT molecular complexity index is 653. The van der Waals surface area contributed by atoms with E-state index in [2.05, 4.69) is 18.2 Å². The average molecular weight is 286 g/mol. The van der Waals surface area contributed by atoms with Gasteiger partial charge >= 0.3 is 0 Å². The summed E-state index contributed by atoms with van der Waals surface area (Å²) in [7, 11) is 1.87. The average Bonchev–Trinajstić information content (AvgIpc) is 2.89. The minimum Gasteiger partial charge on any atom is -0.335 e. The van der Waals surface area contributed by atoms with Crippen LogP contribution in [0.5, 0.6) is 0 Å². The number of carbonyl (C=O) groups excluding carboxylic acids is 1. The van der Waals surface area contributed by atoms with Crippen LogP contribution in [0, 0.1) is 0 Å². The summed E-state index contributed by atoms with van der Waals surface area (Å²) < 4.78 is 0. The van der Waals surface area contributed by atoms with Crippen molar-refractivity contribution in [1.82, 2.24) is 4.90 Å². The minimum atomic E-state index is 0.0224. The number of fused-ring (bicyclic) bond motifs is 1. The van der Waals surface area contributed by atoms with Crippen molar-refractivity contribution < 1.29 is 4.79 Å². The van der Waals surface area contributed by atoms with Crippen molar-refractivity contribution in [1.29, 1.82) is 0 Å². The van der Waals surface area contributed by atoms with Gasteiger partial charge in [-0.3, -0.25) is 4.79 Å². The number of benzene rings is 2. The molecule has 0 spiro atoms. The van der Waals surface area contributed by atoms with Crippen molar-refractivity contribution in [2.75, 3.05) is 7.05 Å². The predicted octanol–water partition coefficient (Wildman–Crippen LogP) is 4.10. The number of halogens is 1. The highest BCUT2D eigenvalue weighted by Crippen LogP contribution is 2.35. The van der Waals surface area contributed by atoms with E-state index in [4.69, 9.17) is 11.6 Å². The van der Waals surface area contributed by atoms with Crippen LogP contribution in [-0.2, 0) is 6.42 Å². The van der Waals surface area contributed by atoms with Crippen molar-refractivity contribution in [3.8, 4) is 0 Å². The van der Waals surface area contributed by atoms with Crippen LogP contribution < -0.4 is 0 Å². The third-order valence-corrected chi connectivity index (χ3v) is 4.20. The first-order chi connectivity index (χ1) is 9.66. The van der Waals surface area contributed by atoms with Crippen LogP contribution in [0.2, 0.25) is 5.02 Å². The van der Waals surface area contributed by atoms with Crippen LogP contribution in [0.15, 0.2) is 48.5 Å². The monoisotopic (exact) mass is 285 g/mol. The number of rotatable bonds is 2. The van der Waals surface area contributed by atoms with E-state index in [9.17, 15) is 4.79 Å². The third kappa shape index (κ3) is 2.32. The van der Waals surface area contributed by atoms with E-state index in [-0.39, 0.29) is 11.9 Å². The van der Waals surface area contributed by atoms with Gasteiger partial charge in [-0.2, -0.15) is 0 Å². The molecular formula is C17H16ClNO. The Balaban J connectivity index is 1.87. The standard InChI is InChI=1S/C17H16ClNO/c1-19(17(20)13-6-4-7-14(18)11-13)16-10-9-12-5-2-3-8-15(12)16/h2-8,11,16H,9-10H2,1H3/t16-/m0/s1. The molecule has 0 aliphatic heterocycles. The molecule has 1 amide bonds. The van der Waals surface area contributed by atoms with Crippen LogP contribution in [0.3, 0.4) is 0 Å². The van der Waals surface area contributed by atoms with Crippen molar-refractivity contribution in [2.45, 2.75) is 18.9 Å². The van der Waals surface area contributed by atoms with Crippen LogP contribution in [0.25, 0.3) is 0 Å². The molecule has 0 saturated carbocycles. The fourth-order valence-corrected chi connectivity index (χ4v) is 3.09. The lowest BCUT2D eigenvalue weighted by Gasteiger charge is -2.25. The molecule has 0 N–H and O–H groups in total. The van der Waals surface area contributed by atoms with E-state index in [1.807, 2.05) is 30.1 Å². The molecule has 1 aliphatic carbocycles. The van der Waals surface area contributed by atoms with E-state index in [1.165, 1.54) is 11.1 Å². The third-order valence-electron chi connectivity index (χ3n) is 3.96. The SMILES string of the molecule is CN(C(=O)c1cccc(Cl)c1)[C@H]1CCc2ccccc21. The van der Waals surface area contributed by atoms with E-state index in [1.54, 1.807) is 12.1 Å². The lowest BCUT2D eigenvalue weighted by molar-refractivity contribution is 0.0730. The van der Waals surface area contributed by atoms with Gasteiger partial charge < -0.3 is 4.90 Å². The maximum atomic E-state index is 12.6. The van der Waals surface area contributed by atoms with Gasteiger partial charge in [0.1, 0.15) is 0 Å². The summed E-state index contributed by atoms with van der Waals surface area (Å²) in [6, 6.07) is 15.6. The molecule has 20 heavy (non-hydrogen) atoms. The first-order valence-corrected chi connectivity index (χ1v) is 7.15. The lowest BCUT2D eigenvalue weighted by atomic mass is 10.1. The van der Waals surface area contributed by atoms with Crippen LogP contribution >= 0.6 is 11.6 Å². The summed E-state index contributed by atoms with van der Waals surface area (Å²) in [4.78, 5) is 14.4. The normalized spacial score (nSPS) is 16.8. The maximum absolute atomic E-state index is 12.6. The fraction of sp³-hybridized carbons (Fsp3) is 0.235. The summed E-state index contributed by atoms with van der Waals surface area (Å²) in [5.74, 6) is 0.0224. The van der Waals surface area contributed by atoms with Crippen LogP contribution in [-0.4, -0.2) is 17.9 Å². The molecular weight excluding hydrogens is 270 g/mol. The number of amides is 1. The van der Waals surface area contributed by atoms with Crippen molar-refractivity contribution >= 4 is 17.5 Å². The molecule has 0 saturated heterocycles. The Morgan fingerprint density at radius 3 is 2.80 bits per heavy atom. The zero-order valence-electron chi connectivity index (χ0n) is 11.3. The second kappa shape index (κ2) is 5.29. The van der Waals surface area contributed by atoms with Crippen LogP contribution in [0.4, 0.5) is 0 Å². The van der Waals surface area contributed by atoms with Gasteiger partial charge in [-0.25, -0.2) is 0 Å². The lowest BCUT2D eigenvalue weighted by Crippen LogP contribution is -2.30. The highest BCUT2D eigenvalue weighted by molar-refractivity contribution is 6.30. The van der Waals surface area contributed by atoms with E-state index < -0.39 is 0 Å². The predicted molar refractivity (Wildman–Crippen MR) is 81.0 cm³/mol. The van der Waals surface area contributed by atoms with Gasteiger partial charge in [0, 0.05) is 17.6 Å². The Kier molecular flexibility index (Phi) is 3.49. The Morgan fingerprint density at radius 1 is 1.20 bits per heavy atom. The molecule has 3 rings (SSSR count). The highest BCUT2D eigenvalue weighted by Gasteiger charge is 2.28. The van der Waals surface area contributed by atoms with E-state index >= 15 is 0 Å². The van der Waals surface area contributed by atoms with Gasteiger partial charge in [-0.05, 0) is 42.2 Å². The molecule has 0 bridgehead atoms. The van der Waals surface area contributed by atoms with Gasteiger partial charge in [0.15, 0.2) is 0 Å². The smallest absolute Gasteiger partial charge is 0.254 e. The molecule has 0 radical (unpaired) electrons. The molecule has 2 nitrogen and oxygen atoms in total. The number of hydrogen-bond acceptors (Lipinski definition) is 1. The summed E-state index contributed by atoms with van der Waals surface area (Å²) in [5, 5.41) is 0.594. The number of carbonyl (C=O) groups is 1. The maximum Gasteiger partial charge on any atom is 0.254 e. The topological polar surface area (TPSA) is 20.3 Å². The van der Waals surface area contributed by atoms with E-state index in [0.29, 0.717) is 10.6 Å². The minimum absolute atomic E-state index is 0.0224. The first-order valence-electron chi connectivity index (χ1n) is 6.77. The summed E-state index contributed by atoms with van der Waals surface area (Å²) >= 11 is 5.96. The Hall–Kier alpha value is -1.80. The molecule has 0 fully saturated rings. The largest absolute Gasteiger partial charge is 0.335 e. The molecule has 2 aromatic rings. The zero-order chi connectivity index (χ0) is 14.1. The highest BCUT2D eigenvalue weighted by atomic mass is 35.5. The summed E-state index contributed by atoms with van der Waals surface area (Å²) in [6.07, 6.45) is 2.02. The fourth-order valence-electron chi connectivity index (χ4n) is 2.90. The molecule has 102 valence electrons. The second-order valence-electron chi connectivity index (χ2n) is 5.18. The molecule has 0 aromatic heterocycles. The molecule has 1 aliphatic rings. The first kappa shape index (κ1) is 13.2. The van der Waals surface area contributed by atoms with Gasteiger partial charge in [0.05, 0.1) is 6.04 Å². The van der Waals surface area contributed by atoms with Crippen molar-refractivity contribution in [3.63, 3.8) is 0 Å². The molecule has 3 heteroatoms. The molecule has 0 heterocycles. The number of aryl methyl sites for hydroxylation is 1. The van der Waals surface area contributed by atoms with Gasteiger partial charge in [-0.1, -0.05) is 41.9 Å². The van der Waals surface area contributed by atoms with Crippen molar-refractivity contribution in [3.05, 3.63) is 70.2 Å². The van der Waals surface area contributed by atoms with Gasteiger partial charge in [0.2, 0.25) is 0 Å². The number of hydrogen-bond donors (Lipinski definition) is 0. The summed E-state index contributed by atoms with van der Waals surface area (Å²) in [6.45, 7) is 0. The molecule has 2 aromatic carbocycles. The molecule has 0 unspecified atom stereocenters. The number of nitrogens with zero attached hydrogens (tertiary/aromatic N) is 1. The van der Waals surface area contributed by atoms with Gasteiger partial charge in [0.25, 0.3) is 5.91 Å². The van der Waals surface area contributed by atoms with Gasteiger partial charge in [-0.15, -0.1) is 0 Å². The molecule has 1 atom stereocenters. The quantitative estimate of drug-likeness (QED) is 0.813. The Morgan fingerprint density at radius 2 is 2.00 bits per heavy atom. The Labute approximate surface area is 124 Å².